The average molecular weight is 284 g/mol. The lowest BCUT2D eigenvalue weighted by molar-refractivity contribution is -0.168. The van der Waals surface area contributed by atoms with Gasteiger partial charge in [-0.05, 0) is 50.9 Å². The molecule has 0 amide bonds. The summed E-state index contributed by atoms with van der Waals surface area (Å²) in [6, 6.07) is 0. The predicted molar refractivity (Wildman–Crippen MR) is 81.6 cm³/mol. The lowest BCUT2D eigenvalue weighted by Crippen LogP contribution is -2.37. The molecule has 1 rings (SSSR count). The molecule has 3 nitrogen and oxygen atoms in total. The van der Waals surface area contributed by atoms with Crippen molar-refractivity contribution in [2.75, 3.05) is 13.2 Å². The molecular formula is C17H32O3. The number of carbonyl (C=O) groups excluding carboxylic acids is 1. The Morgan fingerprint density at radius 1 is 1.30 bits per heavy atom. The van der Waals surface area contributed by atoms with E-state index >= 15 is 0 Å². The highest BCUT2D eigenvalue weighted by atomic mass is 16.6. The summed E-state index contributed by atoms with van der Waals surface area (Å²) in [5, 5.41) is 0. The highest BCUT2D eigenvalue weighted by Gasteiger charge is 2.32. The summed E-state index contributed by atoms with van der Waals surface area (Å²) >= 11 is 0. The molecule has 0 aliphatic heterocycles. The van der Waals surface area contributed by atoms with Crippen molar-refractivity contribution in [3.8, 4) is 0 Å². The van der Waals surface area contributed by atoms with Crippen molar-refractivity contribution >= 4 is 5.97 Å². The van der Waals surface area contributed by atoms with Crippen LogP contribution in [0.3, 0.4) is 0 Å². The second kappa shape index (κ2) is 7.44. The van der Waals surface area contributed by atoms with Crippen molar-refractivity contribution in [1.29, 1.82) is 0 Å². The Morgan fingerprint density at radius 3 is 2.60 bits per heavy atom. The molecule has 118 valence electrons. The Balaban J connectivity index is 2.30. The summed E-state index contributed by atoms with van der Waals surface area (Å²) in [4.78, 5) is 11.9. The Kier molecular flexibility index (Phi) is 6.50. The minimum atomic E-state index is -0.820. The van der Waals surface area contributed by atoms with Crippen LogP contribution in [0.15, 0.2) is 0 Å². The van der Waals surface area contributed by atoms with E-state index < -0.39 is 5.60 Å². The normalized spacial score (nSPS) is 22.6. The summed E-state index contributed by atoms with van der Waals surface area (Å²) in [7, 11) is 0. The van der Waals surface area contributed by atoms with Crippen LogP contribution in [-0.2, 0) is 14.3 Å². The molecule has 0 saturated heterocycles. The van der Waals surface area contributed by atoms with Crippen LogP contribution in [0.25, 0.3) is 0 Å². The average Bonchev–Trinajstić information content (AvgIpc) is 2.34. The predicted octanol–water partition coefficient (Wildman–Crippen LogP) is 4.34. The molecule has 0 aromatic heterocycles. The number of hydrogen-bond donors (Lipinski definition) is 0. The van der Waals surface area contributed by atoms with Gasteiger partial charge in [-0.2, -0.15) is 0 Å². The van der Waals surface area contributed by atoms with Crippen molar-refractivity contribution in [2.24, 2.45) is 11.3 Å². The van der Waals surface area contributed by atoms with Crippen LogP contribution in [-0.4, -0.2) is 24.8 Å². The standard InChI is InChI=1S/C17H32O3/c1-6-11-19-15(18)17(4,5)20-12-9-14-8-7-10-16(2,3)13-14/h14H,6-13H2,1-5H3. The summed E-state index contributed by atoms with van der Waals surface area (Å²) in [6.07, 6.45) is 7.12. The Bertz CT molecular complexity index is 307. The topological polar surface area (TPSA) is 35.5 Å². The van der Waals surface area contributed by atoms with Gasteiger partial charge in [0.2, 0.25) is 0 Å². The zero-order valence-corrected chi connectivity index (χ0v) is 14.0. The fraction of sp³-hybridized carbons (Fsp3) is 0.941. The van der Waals surface area contributed by atoms with Gasteiger partial charge in [-0.15, -0.1) is 0 Å². The third-order valence-corrected chi connectivity index (χ3v) is 4.23. The third-order valence-electron chi connectivity index (χ3n) is 4.23. The molecule has 0 radical (unpaired) electrons. The van der Waals surface area contributed by atoms with E-state index in [9.17, 15) is 4.79 Å². The molecule has 0 aromatic carbocycles. The van der Waals surface area contributed by atoms with Gasteiger partial charge in [-0.1, -0.05) is 33.6 Å². The maximum atomic E-state index is 11.9. The van der Waals surface area contributed by atoms with Crippen LogP contribution in [0.2, 0.25) is 0 Å². The molecule has 1 aliphatic rings. The molecule has 1 atom stereocenters. The largest absolute Gasteiger partial charge is 0.464 e. The first-order valence-corrected chi connectivity index (χ1v) is 8.08. The smallest absolute Gasteiger partial charge is 0.337 e. The molecule has 20 heavy (non-hydrogen) atoms. The Morgan fingerprint density at radius 2 is 2.00 bits per heavy atom. The van der Waals surface area contributed by atoms with Gasteiger partial charge in [0.05, 0.1) is 6.61 Å². The maximum Gasteiger partial charge on any atom is 0.337 e. The van der Waals surface area contributed by atoms with Gasteiger partial charge >= 0.3 is 5.97 Å². The Hall–Kier alpha value is -0.570. The number of hydrogen-bond acceptors (Lipinski definition) is 3. The van der Waals surface area contributed by atoms with Gasteiger partial charge in [0.15, 0.2) is 5.60 Å². The van der Waals surface area contributed by atoms with Crippen LogP contribution < -0.4 is 0 Å². The lowest BCUT2D eigenvalue weighted by atomic mass is 9.71. The van der Waals surface area contributed by atoms with E-state index in [-0.39, 0.29) is 5.97 Å². The van der Waals surface area contributed by atoms with E-state index in [1.165, 1.54) is 25.7 Å². The number of esters is 1. The fourth-order valence-corrected chi connectivity index (χ4v) is 3.01. The van der Waals surface area contributed by atoms with E-state index in [1.807, 2.05) is 6.92 Å². The van der Waals surface area contributed by atoms with E-state index in [0.29, 0.717) is 18.6 Å². The fourth-order valence-electron chi connectivity index (χ4n) is 3.01. The summed E-state index contributed by atoms with van der Waals surface area (Å²) in [5.74, 6) is 0.490. The van der Waals surface area contributed by atoms with E-state index in [1.54, 1.807) is 13.8 Å². The van der Waals surface area contributed by atoms with Crippen molar-refractivity contribution in [2.45, 2.75) is 78.7 Å². The summed E-state index contributed by atoms with van der Waals surface area (Å²) in [6.45, 7) is 11.4. The van der Waals surface area contributed by atoms with Crippen molar-refractivity contribution < 1.29 is 14.3 Å². The number of rotatable bonds is 7. The molecular weight excluding hydrogens is 252 g/mol. The molecule has 1 saturated carbocycles. The summed E-state index contributed by atoms with van der Waals surface area (Å²) < 4.78 is 11.0. The van der Waals surface area contributed by atoms with Gasteiger partial charge in [-0.3, -0.25) is 0 Å². The molecule has 1 aliphatic carbocycles. The molecule has 0 aromatic rings. The minimum Gasteiger partial charge on any atom is -0.464 e. The SMILES string of the molecule is CCCOC(=O)C(C)(C)OCCC1CCCC(C)(C)C1. The molecule has 1 fully saturated rings. The minimum absolute atomic E-state index is 0.247. The van der Waals surface area contributed by atoms with E-state index in [4.69, 9.17) is 9.47 Å². The number of carbonyl (C=O) groups is 1. The molecule has 0 bridgehead atoms. The quantitative estimate of drug-likeness (QED) is 0.652. The Labute approximate surface area is 124 Å². The van der Waals surface area contributed by atoms with Crippen LogP contribution in [0.1, 0.15) is 73.1 Å². The van der Waals surface area contributed by atoms with E-state index in [0.717, 1.165) is 18.8 Å². The second-order valence-corrected chi connectivity index (χ2v) is 7.41. The highest BCUT2D eigenvalue weighted by molar-refractivity contribution is 5.78. The first-order valence-electron chi connectivity index (χ1n) is 8.08. The van der Waals surface area contributed by atoms with Crippen LogP contribution >= 0.6 is 0 Å². The van der Waals surface area contributed by atoms with Crippen molar-refractivity contribution in [1.82, 2.24) is 0 Å². The van der Waals surface area contributed by atoms with Gasteiger partial charge in [-0.25, -0.2) is 4.79 Å². The summed E-state index contributed by atoms with van der Waals surface area (Å²) in [5.41, 5.74) is -0.349. The zero-order valence-electron chi connectivity index (χ0n) is 14.0. The highest BCUT2D eigenvalue weighted by Crippen LogP contribution is 2.39. The van der Waals surface area contributed by atoms with Gasteiger partial charge in [0, 0.05) is 6.61 Å². The van der Waals surface area contributed by atoms with Gasteiger partial charge < -0.3 is 9.47 Å². The maximum absolute atomic E-state index is 11.9. The lowest BCUT2D eigenvalue weighted by Gasteiger charge is -2.35. The molecule has 3 heteroatoms. The van der Waals surface area contributed by atoms with Crippen LogP contribution in [0.4, 0.5) is 0 Å². The third kappa shape index (κ3) is 5.82. The first kappa shape index (κ1) is 17.5. The molecule has 0 spiro atoms. The van der Waals surface area contributed by atoms with Crippen LogP contribution in [0.5, 0.6) is 0 Å². The van der Waals surface area contributed by atoms with Crippen molar-refractivity contribution in [3.63, 3.8) is 0 Å². The van der Waals surface area contributed by atoms with Gasteiger partial charge in [0.25, 0.3) is 0 Å². The molecule has 0 heterocycles. The second-order valence-electron chi connectivity index (χ2n) is 7.41. The molecule has 0 N–H and O–H groups in total. The molecule has 1 unspecified atom stereocenters. The van der Waals surface area contributed by atoms with Crippen LogP contribution in [0, 0.1) is 11.3 Å². The zero-order chi connectivity index (χ0) is 15.2. The van der Waals surface area contributed by atoms with E-state index in [2.05, 4.69) is 13.8 Å². The monoisotopic (exact) mass is 284 g/mol. The van der Waals surface area contributed by atoms with Crippen molar-refractivity contribution in [3.05, 3.63) is 0 Å². The van der Waals surface area contributed by atoms with Gasteiger partial charge in [0.1, 0.15) is 0 Å². The first-order chi connectivity index (χ1) is 9.27. The number of ether oxygens (including phenoxy) is 2.